The summed E-state index contributed by atoms with van der Waals surface area (Å²) in [7, 11) is 0. The number of anilines is 1. The van der Waals surface area contributed by atoms with Crippen LogP contribution < -0.4 is 20.1 Å². The Kier molecular flexibility index (Phi) is 6.26. The normalized spacial score (nSPS) is 12.9. The van der Waals surface area contributed by atoms with E-state index in [0.29, 0.717) is 36.8 Å². The van der Waals surface area contributed by atoms with Crippen molar-refractivity contribution in [2.75, 3.05) is 25.1 Å². The van der Waals surface area contributed by atoms with Crippen LogP contribution in [0.5, 0.6) is 11.5 Å². The molecule has 9 heteroatoms. The van der Waals surface area contributed by atoms with Crippen LogP contribution in [0.4, 0.5) is 18.9 Å². The molecular weight excluding hydrogens is 389 g/mol. The highest BCUT2D eigenvalue weighted by atomic mass is 19.4. The van der Waals surface area contributed by atoms with E-state index in [1.54, 1.807) is 17.4 Å². The van der Waals surface area contributed by atoms with Gasteiger partial charge in [0.2, 0.25) is 5.91 Å². The van der Waals surface area contributed by atoms with Crippen molar-refractivity contribution in [3.8, 4) is 11.5 Å². The quantitative estimate of drug-likeness (QED) is 0.769. The molecule has 0 atom stereocenters. The second-order valence-electron chi connectivity index (χ2n) is 6.40. The van der Waals surface area contributed by atoms with Crippen LogP contribution in [0.2, 0.25) is 0 Å². The van der Waals surface area contributed by atoms with E-state index < -0.39 is 18.6 Å². The van der Waals surface area contributed by atoms with Crippen LogP contribution in [-0.4, -0.2) is 37.7 Å². The second kappa shape index (κ2) is 8.85. The molecule has 0 aromatic heterocycles. The molecule has 2 N–H and O–H groups in total. The average Bonchev–Trinajstić information content (AvgIpc) is 2.70. The Balaban J connectivity index is 1.53. The van der Waals surface area contributed by atoms with Gasteiger partial charge in [0.15, 0.2) is 11.5 Å². The predicted octanol–water partition coefficient (Wildman–Crippen LogP) is 3.32. The molecule has 154 valence electrons. The maximum absolute atomic E-state index is 12.2. The SMILES string of the molecule is O=C(CCc1ccc2c(c1)OCCO2)Nc1cccc(C(=O)NCC(F)(F)F)c1. The third-order valence-corrected chi connectivity index (χ3v) is 4.11. The van der Waals surface area contributed by atoms with Crippen LogP contribution in [0.3, 0.4) is 0 Å². The van der Waals surface area contributed by atoms with Gasteiger partial charge < -0.3 is 20.1 Å². The molecule has 0 spiro atoms. The number of benzene rings is 2. The van der Waals surface area contributed by atoms with Gasteiger partial charge in [-0.2, -0.15) is 13.2 Å². The Morgan fingerprint density at radius 2 is 1.76 bits per heavy atom. The van der Waals surface area contributed by atoms with E-state index in [1.165, 1.54) is 18.2 Å². The van der Waals surface area contributed by atoms with Crippen molar-refractivity contribution in [3.05, 3.63) is 53.6 Å². The minimum Gasteiger partial charge on any atom is -0.486 e. The van der Waals surface area contributed by atoms with Crippen molar-refractivity contribution in [3.63, 3.8) is 0 Å². The van der Waals surface area contributed by atoms with Crippen molar-refractivity contribution < 1.29 is 32.2 Å². The van der Waals surface area contributed by atoms with Gasteiger partial charge in [0, 0.05) is 17.7 Å². The summed E-state index contributed by atoms with van der Waals surface area (Å²) >= 11 is 0. The zero-order chi connectivity index (χ0) is 20.9. The van der Waals surface area contributed by atoms with Crippen molar-refractivity contribution in [2.24, 2.45) is 0 Å². The van der Waals surface area contributed by atoms with Crippen molar-refractivity contribution in [2.45, 2.75) is 19.0 Å². The summed E-state index contributed by atoms with van der Waals surface area (Å²) in [5, 5.41) is 4.44. The first-order valence-corrected chi connectivity index (χ1v) is 8.93. The molecule has 6 nitrogen and oxygen atoms in total. The van der Waals surface area contributed by atoms with Crippen LogP contribution in [0, 0.1) is 0 Å². The van der Waals surface area contributed by atoms with Gasteiger partial charge in [0.25, 0.3) is 5.91 Å². The Labute approximate surface area is 165 Å². The fraction of sp³-hybridized carbons (Fsp3) is 0.300. The third-order valence-electron chi connectivity index (χ3n) is 4.11. The van der Waals surface area contributed by atoms with E-state index in [4.69, 9.17) is 9.47 Å². The summed E-state index contributed by atoms with van der Waals surface area (Å²) in [5.41, 5.74) is 1.26. The molecule has 0 unspecified atom stereocenters. The lowest BCUT2D eigenvalue weighted by Gasteiger charge is -2.18. The third kappa shape index (κ3) is 6.13. The molecule has 2 aromatic rings. The summed E-state index contributed by atoms with van der Waals surface area (Å²) in [6, 6.07) is 11.2. The zero-order valence-corrected chi connectivity index (χ0v) is 15.3. The van der Waals surface area contributed by atoms with Gasteiger partial charge >= 0.3 is 6.18 Å². The first kappa shape index (κ1) is 20.5. The highest BCUT2D eigenvalue weighted by Gasteiger charge is 2.27. The molecule has 1 aliphatic heterocycles. The first-order valence-electron chi connectivity index (χ1n) is 8.93. The van der Waals surface area contributed by atoms with E-state index in [2.05, 4.69) is 5.32 Å². The van der Waals surface area contributed by atoms with E-state index in [9.17, 15) is 22.8 Å². The lowest BCUT2D eigenvalue weighted by molar-refractivity contribution is -0.123. The van der Waals surface area contributed by atoms with Crippen molar-refractivity contribution in [1.82, 2.24) is 5.32 Å². The molecule has 2 amide bonds. The molecule has 29 heavy (non-hydrogen) atoms. The molecule has 0 saturated heterocycles. The molecule has 0 aliphatic carbocycles. The molecule has 0 saturated carbocycles. The number of alkyl halides is 3. The molecular formula is C20H19F3N2O4. The Morgan fingerprint density at radius 1 is 1.00 bits per heavy atom. The van der Waals surface area contributed by atoms with Crippen LogP contribution in [0.1, 0.15) is 22.3 Å². The van der Waals surface area contributed by atoms with E-state index in [0.717, 1.165) is 5.56 Å². The first-order chi connectivity index (χ1) is 13.8. The Bertz CT molecular complexity index is 900. The van der Waals surface area contributed by atoms with Crippen molar-refractivity contribution in [1.29, 1.82) is 0 Å². The number of halogens is 3. The standard InChI is InChI=1S/C20H19F3N2O4/c21-20(22,23)12-24-19(27)14-2-1-3-15(11-14)25-18(26)7-5-13-4-6-16-17(10-13)29-9-8-28-16/h1-4,6,10-11H,5,7-9,12H2,(H,24,27)(H,25,26). The fourth-order valence-electron chi connectivity index (χ4n) is 2.75. The topological polar surface area (TPSA) is 76.7 Å². The van der Waals surface area contributed by atoms with Gasteiger partial charge in [-0.25, -0.2) is 0 Å². The van der Waals surface area contributed by atoms with Gasteiger partial charge in [-0.3, -0.25) is 9.59 Å². The number of aryl methyl sites for hydroxylation is 1. The van der Waals surface area contributed by atoms with Gasteiger partial charge in [-0.05, 0) is 42.3 Å². The summed E-state index contributed by atoms with van der Waals surface area (Å²) in [6.45, 7) is -0.441. The van der Waals surface area contributed by atoms with Crippen molar-refractivity contribution >= 4 is 17.5 Å². The number of ether oxygens (including phenoxy) is 2. The maximum atomic E-state index is 12.2. The Morgan fingerprint density at radius 3 is 2.52 bits per heavy atom. The van der Waals surface area contributed by atoms with E-state index in [-0.39, 0.29) is 17.9 Å². The predicted molar refractivity (Wildman–Crippen MR) is 99.2 cm³/mol. The number of hydrogen-bond acceptors (Lipinski definition) is 4. The number of amides is 2. The summed E-state index contributed by atoms with van der Waals surface area (Å²) < 4.78 is 47.6. The van der Waals surface area contributed by atoms with Crippen LogP contribution >= 0.6 is 0 Å². The molecule has 3 rings (SSSR count). The van der Waals surface area contributed by atoms with Gasteiger partial charge in [-0.1, -0.05) is 12.1 Å². The maximum Gasteiger partial charge on any atom is 0.405 e. The monoisotopic (exact) mass is 408 g/mol. The zero-order valence-electron chi connectivity index (χ0n) is 15.3. The number of rotatable bonds is 6. The number of hydrogen-bond donors (Lipinski definition) is 2. The molecule has 0 radical (unpaired) electrons. The smallest absolute Gasteiger partial charge is 0.405 e. The average molecular weight is 408 g/mol. The lowest BCUT2D eigenvalue weighted by Crippen LogP contribution is -2.33. The van der Waals surface area contributed by atoms with Crippen LogP contribution in [0.15, 0.2) is 42.5 Å². The molecule has 0 fully saturated rings. The number of carbonyl (C=O) groups is 2. The highest BCUT2D eigenvalue weighted by Crippen LogP contribution is 2.31. The highest BCUT2D eigenvalue weighted by molar-refractivity contribution is 5.97. The van der Waals surface area contributed by atoms with Gasteiger partial charge in [-0.15, -0.1) is 0 Å². The number of fused-ring (bicyclic) bond motifs is 1. The van der Waals surface area contributed by atoms with E-state index >= 15 is 0 Å². The lowest BCUT2D eigenvalue weighted by atomic mass is 10.1. The largest absolute Gasteiger partial charge is 0.486 e. The molecule has 0 bridgehead atoms. The summed E-state index contributed by atoms with van der Waals surface area (Å²) in [4.78, 5) is 24.0. The van der Waals surface area contributed by atoms with E-state index in [1.807, 2.05) is 12.1 Å². The minimum atomic E-state index is -4.49. The summed E-state index contributed by atoms with van der Waals surface area (Å²) in [5.74, 6) is 0.166. The Hall–Kier alpha value is -3.23. The number of carbonyl (C=O) groups excluding carboxylic acids is 2. The number of nitrogens with one attached hydrogen (secondary N) is 2. The summed E-state index contributed by atoms with van der Waals surface area (Å²) in [6.07, 6.45) is -3.84. The molecule has 1 aliphatic rings. The van der Waals surface area contributed by atoms with Crippen LogP contribution in [0.25, 0.3) is 0 Å². The fourth-order valence-corrected chi connectivity index (χ4v) is 2.75. The van der Waals surface area contributed by atoms with Crippen LogP contribution in [-0.2, 0) is 11.2 Å². The molecule has 2 aromatic carbocycles. The molecule has 1 heterocycles. The minimum absolute atomic E-state index is 0.0267. The van der Waals surface area contributed by atoms with Gasteiger partial charge in [0.1, 0.15) is 19.8 Å². The van der Waals surface area contributed by atoms with Gasteiger partial charge in [0.05, 0.1) is 0 Å². The second-order valence-corrected chi connectivity index (χ2v) is 6.40.